The van der Waals surface area contributed by atoms with Gasteiger partial charge in [0.2, 0.25) is 5.88 Å². The van der Waals surface area contributed by atoms with Crippen LogP contribution in [-0.4, -0.2) is 31.7 Å². The fourth-order valence-corrected chi connectivity index (χ4v) is 1.52. The van der Waals surface area contributed by atoms with Crippen molar-refractivity contribution in [3.63, 3.8) is 0 Å². The second kappa shape index (κ2) is 7.41. The van der Waals surface area contributed by atoms with Gasteiger partial charge < -0.3 is 14.8 Å². The van der Waals surface area contributed by atoms with Gasteiger partial charge in [0, 0.05) is 6.54 Å². The van der Waals surface area contributed by atoms with Gasteiger partial charge in [0.15, 0.2) is 0 Å². The summed E-state index contributed by atoms with van der Waals surface area (Å²) in [4.78, 5) is 15.7. The Kier molecular flexibility index (Phi) is 5.85. The zero-order valence-corrected chi connectivity index (χ0v) is 11.8. The number of allylic oxidation sites excluding steroid dienone is 1. The number of nitrogens with one attached hydrogen (secondary N) is 1. The van der Waals surface area contributed by atoms with E-state index in [1.807, 2.05) is 0 Å². The number of aromatic nitrogens is 1. The minimum Gasteiger partial charge on any atom is -0.480 e. The third-order valence-corrected chi connectivity index (χ3v) is 2.46. The summed E-state index contributed by atoms with van der Waals surface area (Å²) >= 11 is 0. The highest BCUT2D eigenvalue weighted by Crippen LogP contribution is 2.19. The highest BCUT2D eigenvalue weighted by atomic mass is 16.5. The number of nitrogens with zero attached hydrogens (tertiary/aromatic N) is 1. The maximum atomic E-state index is 11.5. The molecule has 5 heteroatoms. The highest BCUT2D eigenvalue weighted by Gasteiger charge is 2.14. The third-order valence-electron chi connectivity index (χ3n) is 2.46. The van der Waals surface area contributed by atoms with Crippen molar-refractivity contribution < 1.29 is 14.3 Å². The van der Waals surface area contributed by atoms with E-state index in [1.54, 1.807) is 12.1 Å². The Bertz CT molecular complexity index is 466. The van der Waals surface area contributed by atoms with E-state index in [0.717, 1.165) is 13.0 Å². The summed E-state index contributed by atoms with van der Waals surface area (Å²) in [5.74, 6) is 0.478. The van der Waals surface area contributed by atoms with Gasteiger partial charge in [-0.2, -0.15) is 4.98 Å². The number of anilines is 1. The summed E-state index contributed by atoms with van der Waals surface area (Å²) in [5.41, 5.74) is 1.60. The quantitative estimate of drug-likeness (QED) is 0.486. The molecule has 0 aliphatic heterocycles. The van der Waals surface area contributed by atoms with Gasteiger partial charge in [-0.15, -0.1) is 0 Å². The Morgan fingerprint density at radius 1 is 1.37 bits per heavy atom. The molecule has 1 aromatic rings. The Balaban J connectivity index is 2.71. The van der Waals surface area contributed by atoms with Gasteiger partial charge in [0.25, 0.3) is 0 Å². The molecule has 0 atom stereocenters. The molecule has 0 aliphatic carbocycles. The van der Waals surface area contributed by atoms with E-state index < -0.39 is 5.97 Å². The van der Waals surface area contributed by atoms with Crippen LogP contribution in [0.1, 0.15) is 30.6 Å². The van der Waals surface area contributed by atoms with E-state index in [0.29, 0.717) is 11.4 Å². The molecular formula is C14H20N2O3. The first-order chi connectivity index (χ1) is 9.08. The van der Waals surface area contributed by atoms with E-state index in [9.17, 15) is 4.79 Å². The summed E-state index contributed by atoms with van der Waals surface area (Å²) in [6.07, 6.45) is 3.07. The molecule has 0 aromatic carbocycles. The van der Waals surface area contributed by atoms with E-state index in [-0.39, 0.29) is 5.88 Å². The number of methoxy groups -OCH3 is 2. The van der Waals surface area contributed by atoms with Crippen molar-refractivity contribution in [1.82, 2.24) is 4.98 Å². The predicted octanol–water partition coefficient (Wildman–Crippen LogP) is 2.65. The van der Waals surface area contributed by atoms with E-state index >= 15 is 0 Å². The van der Waals surface area contributed by atoms with Crippen LogP contribution in [0.4, 0.5) is 5.82 Å². The lowest BCUT2D eigenvalue weighted by Crippen LogP contribution is -2.08. The van der Waals surface area contributed by atoms with Gasteiger partial charge in [0.1, 0.15) is 11.4 Å². The minimum atomic E-state index is -0.458. The SMILES string of the molecule is COC(=O)c1ccc(NCCC=C(C)C)nc1OC. The maximum absolute atomic E-state index is 11.5. The number of pyridine rings is 1. The van der Waals surface area contributed by atoms with Crippen molar-refractivity contribution in [2.75, 3.05) is 26.1 Å². The number of ether oxygens (including phenoxy) is 2. The minimum absolute atomic E-state index is 0.263. The number of carbonyl (C=O) groups excluding carboxylic acids is 1. The van der Waals surface area contributed by atoms with E-state index in [2.05, 4.69) is 35.0 Å². The first kappa shape index (κ1) is 15.0. The summed E-state index contributed by atoms with van der Waals surface area (Å²) in [5, 5.41) is 3.17. The molecule has 0 radical (unpaired) electrons. The first-order valence-corrected chi connectivity index (χ1v) is 6.09. The van der Waals surface area contributed by atoms with Gasteiger partial charge in [-0.05, 0) is 32.4 Å². The third kappa shape index (κ3) is 4.62. The molecule has 0 unspecified atom stereocenters. The highest BCUT2D eigenvalue weighted by molar-refractivity contribution is 5.92. The molecule has 1 aromatic heterocycles. The van der Waals surface area contributed by atoms with Crippen LogP contribution in [0.5, 0.6) is 5.88 Å². The van der Waals surface area contributed by atoms with Gasteiger partial charge in [-0.25, -0.2) is 4.79 Å². The number of hydrogen-bond donors (Lipinski definition) is 1. The monoisotopic (exact) mass is 264 g/mol. The number of carbonyl (C=O) groups is 1. The standard InChI is InChI=1S/C14H20N2O3/c1-10(2)6-5-9-15-12-8-7-11(14(17)19-4)13(16-12)18-3/h6-8H,5,9H2,1-4H3,(H,15,16). The molecule has 0 aliphatic rings. The molecule has 1 heterocycles. The Labute approximate surface area is 113 Å². The molecule has 0 spiro atoms. The molecule has 0 fully saturated rings. The van der Waals surface area contributed by atoms with Crippen LogP contribution in [0.3, 0.4) is 0 Å². The number of rotatable bonds is 6. The van der Waals surface area contributed by atoms with Crippen molar-refractivity contribution in [3.8, 4) is 5.88 Å². The Morgan fingerprint density at radius 2 is 2.11 bits per heavy atom. The summed E-state index contributed by atoms with van der Waals surface area (Å²) in [6, 6.07) is 3.37. The molecule has 1 rings (SSSR count). The average molecular weight is 264 g/mol. The summed E-state index contributed by atoms with van der Waals surface area (Å²) < 4.78 is 9.75. The smallest absolute Gasteiger partial charge is 0.343 e. The maximum Gasteiger partial charge on any atom is 0.343 e. The van der Waals surface area contributed by atoms with Gasteiger partial charge in [-0.3, -0.25) is 0 Å². The second-order valence-electron chi connectivity index (χ2n) is 4.24. The number of esters is 1. The molecule has 0 amide bonds. The number of hydrogen-bond acceptors (Lipinski definition) is 5. The molecule has 19 heavy (non-hydrogen) atoms. The summed E-state index contributed by atoms with van der Waals surface area (Å²) in [6.45, 7) is 4.90. The molecule has 0 saturated heterocycles. The predicted molar refractivity (Wildman–Crippen MR) is 74.7 cm³/mol. The fourth-order valence-electron chi connectivity index (χ4n) is 1.52. The summed E-state index contributed by atoms with van der Waals surface area (Å²) in [7, 11) is 2.80. The van der Waals surface area contributed by atoms with Crippen molar-refractivity contribution in [2.45, 2.75) is 20.3 Å². The molecule has 5 nitrogen and oxygen atoms in total. The largest absolute Gasteiger partial charge is 0.480 e. The van der Waals surface area contributed by atoms with Crippen molar-refractivity contribution >= 4 is 11.8 Å². The zero-order chi connectivity index (χ0) is 14.3. The second-order valence-corrected chi connectivity index (χ2v) is 4.24. The fraction of sp³-hybridized carbons (Fsp3) is 0.429. The van der Waals surface area contributed by atoms with Crippen LogP contribution >= 0.6 is 0 Å². The van der Waals surface area contributed by atoms with E-state index in [1.165, 1.54) is 19.8 Å². The zero-order valence-electron chi connectivity index (χ0n) is 11.8. The van der Waals surface area contributed by atoms with Gasteiger partial charge in [0.05, 0.1) is 14.2 Å². The lowest BCUT2D eigenvalue weighted by molar-refractivity contribution is 0.0596. The Morgan fingerprint density at radius 3 is 2.68 bits per heavy atom. The molecule has 104 valence electrons. The van der Waals surface area contributed by atoms with Crippen LogP contribution in [0, 0.1) is 0 Å². The molecule has 1 N–H and O–H groups in total. The van der Waals surface area contributed by atoms with Gasteiger partial charge in [-0.1, -0.05) is 11.6 Å². The topological polar surface area (TPSA) is 60.5 Å². The molecular weight excluding hydrogens is 244 g/mol. The van der Waals surface area contributed by atoms with Crippen molar-refractivity contribution in [3.05, 3.63) is 29.3 Å². The van der Waals surface area contributed by atoms with Crippen LogP contribution in [0.15, 0.2) is 23.8 Å². The first-order valence-electron chi connectivity index (χ1n) is 6.09. The Hall–Kier alpha value is -2.04. The van der Waals surface area contributed by atoms with Crippen LogP contribution in [0.25, 0.3) is 0 Å². The van der Waals surface area contributed by atoms with E-state index in [4.69, 9.17) is 4.74 Å². The lowest BCUT2D eigenvalue weighted by atomic mass is 10.2. The van der Waals surface area contributed by atoms with Crippen LogP contribution in [0.2, 0.25) is 0 Å². The lowest BCUT2D eigenvalue weighted by Gasteiger charge is -2.09. The molecule has 0 bridgehead atoms. The van der Waals surface area contributed by atoms with Gasteiger partial charge >= 0.3 is 5.97 Å². The average Bonchev–Trinajstić information content (AvgIpc) is 2.42. The van der Waals surface area contributed by atoms with Crippen LogP contribution < -0.4 is 10.1 Å². The normalized spacial score (nSPS) is 9.68. The molecule has 0 saturated carbocycles. The van der Waals surface area contributed by atoms with Crippen molar-refractivity contribution in [2.24, 2.45) is 0 Å². The van der Waals surface area contributed by atoms with Crippen LogP contribution in [-0.2, 0) is 4.74 Å². The van der Waals surface area contributed by atoms with Crippen molar-refractivity contribution in [1.29, 1.82) is 0 Å².